The van der Waals surface area contributed by atoms with Crippen LogP contribution in [0.1, 0.15) is 72.3 Å². The highest BCUT2D eigenvalue weighted by Gasteiger charge is 2.39. The van der Waals surface area contributed by atoms with Crippen LogP contribution in [0.4, 0.5) is 13.6 Å². The summed E-state index contributed by atoms with van der Waals surface area (Å²) in [5, 5.41) is 12.3. The number of esters is 1. The number of alkyl carbamates (subject to hydrolysis) is 1. The summed E-state index contributed by atoms with van der Waals surface area (Å²) in [4.78, 5) is 56.2. The van der Waals surface area contributed by atoms with Gasteiger partial charge in [0.15, 0.2) is 6.61 Å². The fourth-order valence-corrected chi connectivity index (χ4v) is 4.99. The minimum atomic E-state index is -1.45. The molecule has 11 nitrogen and oxygen atoms in total. The van der Waals surface area contributed by atoms with Crippen LogP contribution in [0, 0.1) is 17.0 Å². The first-order chi connectivity index (χ1) is 21.9. The molecule has 2 unspecified atom stereocenters. The molecule has 0 radical (unpaired) electrons. The van der Waals surface area contributed by atoms with Crippen molar-refractivity contribution in [3.8, 4) is 11.3 Å². The zero-order valence-electron chi connectivity index (χ0n) is 27.7. The topological polar surface area (TPSA) is 140 Å². The Labute approximate surface area is 272 Å². The maximum atomic E-state index is 15.0. The second-order valence-corrected chi connectivity index (χ2v) is 13.2. The predicted octanol–water partition coefficient (Wildman–Crippen LogP) is 5.72. The molecule has 2 atom stereocenters. The Morgan fingerprint density at radius 1 is 1.02 bits per heavy atom. The minimum Gasteiger partial charge on any atom is -0.480 e. The number of hydrogen-bond acceptors (Lipinski definition) is 7. The molecule has 0 bridgehead atoms. The largest absolute Gasteiger partial charge is 0.480 e. The van der Waals surface area contributed by atoms with Crippen LogP contribution in [0.5, 0.6) is 0 Å². The highest BCUT2D eigenvalue weighted by atomic mass is 19.1. The number of benzene rings is 2. The van der Waals surface area contributed by atoms with Gasteiger partial charge in [-0.05, 0) is 56.4 Å². The summed E-state index contributed by atoms with van der Waals surface area (Å²) in [6.07, 6.45) is 0.366. The van der Waals surface area contributed by atoms with Crippen LogP contribution in [0.15, 0.2) is 54.7 Å². The number of imidazole rings is 1. The number of carboxylic acids is 1. The summed E-state index contributed by atoms with van der Waals surface area (Å²) in [6.45, 7) is 10.9. The first kappa shape index (κ1) is 36.7. The van der Waals surface area contributed by atoms with Crippen molar-refractivity contribution < 1.29 is 42.5 Å². The van der Waals surface area contributed by atoms with Crippen LogP contribution in [0.2, 0.25) is 0 Å². The van der Waals surface area contributed by atoms with E-state index in [0.717, 1.165) is 30.7 Å². The lowest BCUT2D eigenvalue weighted by atomic mass is 9.84. The molecule has 0 saturated carbocycles. The molecule has 0 aliphatic heterocycles. The number of carboxylic acid groups (broad SMARTS) is 1. The van der Waals surface area contributed by atoms with Crippen molar-refractivity contribution in [1.29, 1.82) is 0 Å². The average Bonchev–Trinajstić information content (AvgIpc) is 3.35. The first-order valence-electron chi connectivity index (χ1n) is 15.1. The molecule has 0 saturated heterocycles. The van der Waals surface area contributed by atoms with Gasteiger partial charge in [0.2, 0.25) is 0 Å². The predicted molar refractivity (Wildman–Crippen MR) is 169 cm³/mol. The number of nitrogens with one attached hydrogen (secondary N) is 1. The number of hydrogen-bond donors (Lipinski definition) is 2. The molecular weight excluding hydrogens is 614 g/mol. The molecule has 0 spiro atoms. The molecule has 2 amide bonds. The number of aliphatic carboxylic acids is 1. The van der Waals surface area contributed by atoms with Gasteiger partial charge in [-0.1, -0.05) is 51.1 Å². The Balaban J connectivity index is 2.15. The quantitative estimate of drug-likeness (QED) is 0.236. The Bertz CT molecular complexity index is 1580. The maximum Gasteiger partial charge on any atom is 0.408 e. The van der Waals surface area contributed by atoms with Gasteiger partial charge >= 0.3 is 18.0 Å². The second kappa shape index (κ2) is 15.2. The van der Waals surface area contributed by atoms with Gasteiger partial charge < -0.3 is 29.4 Å². The second-order valence-electron chi connectivity index (χ2n) is 13.2. The fourth-order valence-electron chi connectivity index (χ4n) is 4.99. The van der Waals surface area contributed by atoms with Gasteiger partial charge in [0.05, 0.1) is 11.7 Å². The van der Waals surface area contributed by atoms with E-state index in [9.17, 15) is 33.1 Å². The van der Waals surface area contributed by atoms with Crippen LogP contribution in [0.3, 0.4) is 0 Å². The molecule has 254 valence electrons. The Kier molecular flexibility index (Phi) is 11.8. The number of aromatic nitrogens is 2. The number of amides is 2. The Morgan fingerprint density at radius 3 is 2.26 bits per heavy atom. The summed E-state index contributed by atoms with van der Waals surface area (Å²) in [5.74, 6) is -3.78. The summed E-state index contributed by atoms with van der Waals surface area (Å²) >= 11 is 0. The first-order valence-corrected chi connectivity index (χ1v) is 15.1. The van der Waals surface area contributed by atoms with E-state index in [1.165, 1.54) is 4.90 Å². The molecule has 2 aromatic carbocycles. The van der Waals surface area contributed by atoms with E-state index in [-0.39, 0.29) is 30.8 Å². The molecule has 3 aromatic rings. The number of nitrogens with zero attached hydrogens (tertiary/aromatic N) is 3. The minimum absolute atomic E-state index is 0.0870. The molecule has 0 aliphatic carbocycles. The molecule has 3 rings (SSSR count). The number of ether oxygens (including phenoxy) is 2. The number of halogens is 2. The lowest BCUT2D eigenvalue weighted by Crippen LogP contribution is -2.48. The number of rotatable bonds is 12. The van der Waals surface area contributed by atoms with Crippen molar-refractivity contribution in [2.24, 2.45) is 5.41 Å². The lowest BCUT2D eigenvalue weighted by molar-refractivity contribution is -0.153. The van der Waals surface area contributed by atoms with Crippen molar-refractivity contribution >= 4 is 23.9 Å². The monoisotopic (exact) mass is 656 g/mol. The molecule has 47 heavy (non-hydrogen) atoms. The summed E-state index contributed by atoms with van der Waals surface area (Å²) in [5.41, 5.74) is -0.790. The smallest absolute Gasteiger partial charge is 0.408 e. The molecular formula is C34H42F2N4O7. The fraction of sp³-hybridized carbons (Fsp3) is 0.441. The summed E-state index contributed by atoms with van der Waals surface area (Å²) < 4.78 is 41.2. The summed E-state index contributed by atoms with van der Waals surface area (Å²) in [7, 11) is 0. The third kappa shape index (κ3) is 10.6. The van der Waals surface area contributed by atoms with E-state index in [0.29, 0.717) is 5.82 Å². The van der Waals surface area contributed by atoms with Crippen molar-refractivity contribution in [2.45, 2.75) is 79.1 Å². The van der Waals surface area contributed by atoms with E-state index in [1.54, 1.807) is 31.5 Å². The Morgan fingerprint density at radius 2 is 1.68 bits per heavy atom. The van der Waals surface area contributed by atoms with E-state index >= 15 is 0 Å². The number of carbonyl (C=O) groups excluding carboxylic acids is 3. The van der Waals surface area contributed by atoms with Crippen LogP contribution in [-0.4, -0.2) is 68.3 Å². The van der Waals surface area contributed by atoms with Crippen LogP contribution in [-0.2, 0) is 30.4 Å². The zero-order chi connectivity index (χ0) is 35.1. The van der Waals surface area contributed by atoms with Crippen molar-refractivity contribution in [2.75, 3.05) is 13.2 Å². The standard InChI is InChI=1S/C34H42F2N4O7/c1-21(41)46-20-28(42)40(16-15-26(31(43)44)38-32(45)47-34(5,6)7)29(33(2,3)4)30-37-27(24-17-23(35)13-14-25(24)36)19-39(30)18-22-11-9-8-10-12-22/h8-14,17,19,26,29H,15-16,18,20H2,1-7H3,(H,38,45)(H,43,44). The Hall–Kier alpha value is -4.81. The van der Waals surface area contributed by atoms with E-state index in [2.05, 4.69) is 5.32 Å². The van der Waals surface area contributed by atoms with Gasteiger partial charge in [0.25, 0.3) is 5.91 Å². The molecule has 2 N–H and O–H groups in total. The molecule has 13 heteroatoms. The molecule has 1 aromatic heterocycles. The average molecular weight is 657 g/mol. The summed E-state index contributed by atoms with van der Waals surface area (Å²) in [6, 6.07) is 9.97. The van der Waals surface area contributed by atoms with E-state index < -0.39 is 65.3 Å². The van der Waals surface area contributed by atoms with Gasteiger partial charge in [-0.3, -0.25) is 9.59 Å². The van der Waals surface area contributed by atoms with Gasteiger partial charge in [-0.25, -0.2) is 23.4 Å². The highest BCUT2D eigenvalue weighted by Crippen LogP contribution is 2.39. The maximum absolute atomic E-state index is 15.0. The highest BCUT2D eigenvalue weighted by molar-refractivity contribution is 5.82. The zero-order valence-corrected chi connectivity index (χ0v) is 27.7. The van der Waals surface area contributed by atoms with Crippen LogP contribution < -0.4 is 5.32 Å². The van der Waals surface area contributed by atoms with Gasteiger partial charge in [-0.15, -0.1) is 0 Å². The van der Waals surface area contributed by atoms with E-state index in [1.807, 2.05) is 51.1 Å². The van der Waals surface area contributed by atoms with Gasteiger partial charge in [-0.2, -0.15) is 0 Å². The van der Waals surface area contributed by atoms with Crippen molar-refractivity contribution in [3.05, 3.63) is 77.8 Å². The SMILES string of the molecule is CC(=O)OCC(=O)N(CCC(NC(=O)OC(C)(C)C)C(=O)O)C(c1nc(-c2cc(F)ccc2F)cn1Cc1ccccc1)C(C)(C)C. The molecule has 0 fully saturated rings. The normalized spacial score (nSPS) is 13.0. The van der Waals surface area contributed by atoms with Gasteiger partial charge in [0, 0.05) is 31.8 Å². The number of carbonyl (C=O) groups is 4. The molecule has 1 heterocycles. The molecule has 0 aliphatic rings. The van der Waals surface area contributed by atoms with E-state index in [4.69, 9.17) is 14.5 Å². The van der Waals surface area contributed by atoms with Crippen LogP contribution >= 0.6 is 0 Å². The third-order valence-electron chi connectivity index (χ3n) is 6.95. The van der Waals surface area contributed by atoms with Crippen molar-refractivity contribution in [3.63, 3.8) is 0 Å². The van der Waals surface area contributed by atoms with Crippen molar-refractivity contribution in [1.82, 2.24) is 19.8 Å². The third-order valence-corrected chi connectivity index (χ3v) is 6.95. The van der Waals surface area contributed by atoms with Crippen LogP contribution in [0.25, 0.3) is 11.3 Å². The van der Waals surface area contributed by atoms with Gasteiger partial charge in [0.1, 0.15) is 29.1 Å². The lowest BCUT2D eigenvalue weighted by Gasteiger charge is -2.40.